The number of hydrogen-bond acceptors (Lipinski definition) is 3. The summed E-state index contributed by atoms with van der Waals surface area (Å²) in [5.41, 5.74) is 3.40. The molecule has 0 saturated heterocycles. The van der Waals surface area contributed by atoms with E-state index in [1.807, 2.05) is 30.4 Å². The number of benzene rings is 1. The van der Waals surface area contributed by atoms with Crippen molar-refractivity contribution >= 4 is 17.3 Å². The third-order valence-electron chi connectivity index (χ3n) is 3.43. The van der Waals surface area contributed by atoms with Gasteiger partial charge in [-0.05, 0) is 55.4 Å². The van der Waals surface area contributed by atoms with Gasteiger partial charge in [-0.2, -0.15) is 0 Å². The van der Waals surface area contributed by atoms with E-state index in [-0.39, 0.29) is 0 Å². The van der Waals surface area contributed by atoms with Crippen LogP contribution in [-0.4, -0.2) is 11.9 Å². The molecular formula is C17H18N2O2S. The summed E-state index contributed by atoms with van der Waals surface area (Å²) in [4.78, 5) is 0. The minimum Gasteiger partial charge on any atom is -0.454 e. The van der Waals surface area contributed by atoms with Crippen molar-refractivity contribution < 1.29 is 9.47 Å². The fourth-order valence-corrected chi connectivity index (χ4v) is 2.41. The molecule has 0 aromatic heterocycles. The van der Waals surface area contributed by atoms with Gasteiger partial charge in [-0.15, -0.1) is 0 Å². The molecule has 22 heavy (non-hydrogen) atoms. The highest BCUT2D eigenvalue weighted by Crippen LogP contribution is 2.32. The van der Waals surface area contributed by atoms with Crippen LogP contribution in [0.2, 0.25) is 0 Å². The van der Waals surface area contributed by atoms with E-state index >= 15 is 0 Å². The van der Waals surface area contributed by atoms with Crippen LogP contribution in [0.1, 0.15) is 18.9 Å². The van der Waals surface area contributed by atoms with Crippen molar-refractivity contribution in [3.05, 3.63) is 59.3 Å². The summed E-state index contributed by atoms with van der Waals surface area (Å²) in [5.74, 6) is 1.58. The van der Waals surface area contributed by atoms with Gasteiger partial charge in [0.25, 0.3) is 0 Å². The van der Waals surface area contributed by atoms with Crippen molar-refractivity contribution in [3.8, 4) is 11.5 Å². The average molecular weight is 314 g/mol. The molecule has 0 bridgehead atoms. The Kier molecular flexibility index (Phi) is 4.44. The van der Waals surface area contributed by atoms with E-state index in [4.69, 9.17) is 21.7 Å². The maximum absolute atomic E-state index is 5.37. The Morgan fingerprint density at radius 2 is 2.09 bits per heavy atom. The third kappa shape index (κ3) is 3.68. The molecule has 0 spiro atoms. The van der Waals surface area contributed by atoms with Crippen molar-refractivity contribution in [2.45, 2.75) is 19.9 Å². The van der Waals surface area contributed by atoms with Crippen molar-refractivity contribution in [3.63, 3.8) is 0 Å². The Morgan fingerprint density at radius 1 is 1.23 bits per heavy atom. The third-order valence-corrected chi connectivity index (χ3v) is 3.68. The van der Waals surface area contributed by atoms with Crippen molar-refractivity contribution in [2.24, 2.45) is 0 Å². The molecule has 0 radical (unpaired) electrons. The van der Waals surface area contributed by atoms with E-state index in [1.54, 1.807) is 0 Å². The van der Waals surface area contributed by atoms with E-state index in [0.717, 1.165) is 29.2 Å². The summed E-state index contributed by atoms with van der Waals surface area (Å²) in [6.07, 6.45) is 9.27. The minimum atomic E-state index is 0.291. The Hall–Kier alpha value is -2.27. The summed E-state index contributed by atoms with van der Waals surface area (Å²) in [5, 5.41) is 6.99. The number of fused-ring (bicyclic) bond motifs is 1. The van der Waals surface area contributed by atoms with Gasteiger partial charge in [-0.1, -0.05) is 23.8 Å². The summed E-state index contributed by atoms with van der Waals surface area (Å²) in [6.45, 7) is 3.04. The quantitative estimate of drug-likeness (QED) is 0.839. The normalized spacial score (nSPS) is 15.7. The first-order valence-corrected chi connectivity index (χ1v) is 7.59. The number of ether oxygens (including phenoxy) is 2. The zero-order valence-corrected chi connectivity index (χ0v) is 13.2. The number of hydrogen-bond donors (Lipinski definition) is 2. The molecule has 1 heterocycles. The zero-order valence-electron chi connectivity index (χ0n) is 12.4. The van der Waals surface area contributed by atoms with E-state index in [2.05, 4.69) is 29.7 Å². The standard InChI is InChI=1S/C17H18N2O2S/c1-12-3-2-4-14(7-5-12)19-17(22)18-10-13-6-8-15-16(9-13)21-11-20-15/h2,4-9H,3,10-11H2,1H3,(H2,18,19,22). The predicted octanol–water partition coefficient (Wildman–Crippen LogP) is 3.17. The van der Waals surface area contributed by atoms with Crippen molar-refractivity contribution in [1.82, 2.24) is 10.6 Å². The molecule has 1 aromatic rings. The summed E-state index contributed by atoms with van der Waals surface area (Å²) >= 11 is 5.33. The average Bonchev–Trinajstić information content (AvgIpc) is 2.88. The Bertz CT molecular complexity index is 677. The van der Waals surface area contributed by atoms with Crippen LogP contribution in [-0.2, 0) is 6.54 Å². The molecule has 1 aliphatic heterocycles. The molecule has 4 nitrogen and oxygen atoms in total. The van der Waals surface area contributed by atoms with Gasteiger partial charge in [-0.3, -0.25) is 0 Å². The van der Waals surface area contributed by atoms with Crippen molar-refractivity contribution in [2.75, 3.05) is 6.79 Å². The SMILES string of the molecule is CC1=CC=C(NC(=S)NCc2ccc3c(c2)OCO3)C=CC1. The van der Waals surface area contributed by atoms with E-state index in [0.29, 0.717) is 18.5 Å². The largest absolute Gasteiger partial charge is 0.454 e. The second-order valence-electron chi connectivity index (χ2n) is 5.24. The number of thiocarbonyl (C=S) groups is 1. The van der Waals surface area contributed by atoms with E-state index in [9.17, 15) is 0 Å². The number of allylic oxidation sites excluding steroid dienone is 5. The fourth-order valence-electron chi connectivity index (χ4n) is 2.22. The topological polar surface area (TPSA) is 42.5 Å². The van der Waals surface area contributed by atoms with Crippen LogP contribution in [0.3, 0.4) is 0 Å². The van der Waals surface area contributed by atoms with Crippen LogP contribution in [0.4, 0.5) is 0 Å². The van der Waals surface area contributed by atoms with Crippen LogP contribution in [0.25, 0.3) is 0 Å². The van der Waals surface area contributed by atoms with E-state index < -0.39 is 0 Å². The van der Waals surface area contributed by atoms with Crippen LogP contribution < -0.4 is 20.1 Å². The monoisotopic (exact) mass is 314 g/mol. The maximum atomic E-state index is 5.37. The molecular weight excluding hydrogens is 296 g/mol. The first kappa shape index (κ1) is 14.7. The molecule has 0 unspecified atom stereocenters. The fraction of sp³-hybridized carbons (Fsp3) is 0.235. The number of rotatable bonds is 3. The lowest BCUT2D eigenvalue weighted by Gasteiger charge is -2.11. The molecule has 5 heteroatoms. The molecule has 3 rings (SSSR count). The molecule has 0 fully saturated rings. The molecule has 0 amide bonds. The van der Waals surface area contributed by atoms with Crippen molar-refractivity contribution in [1.29, 1.82) is 0 Å². The predicted molar refractivity (Wildman–Crippen MR) is 90.7 cm³/mol. The van der Waals surface area contributed by atoms with Crippen LogP contribution in [0.15, 0.2) is 53.8 Å². The van der Waals surface area contributed by atoms with Gasteiger partial charge < -0.3 is 20.1 Å². The lowest BCUT2D eigenvalue weighted by Crippen LogP contribution is -2.33. The molecule has 2 N–H and O–H groups in total. The van der Waals surface area contributed by atoms with Gasteiger partial charge in [0, 0.05) is 12.2 Å². The first-order chi connectivity index (χ1) is 10.7. The Labute approximate surface area is 135 Å². The van der Waals surface area contributed by atoms with Gasteiger partial charge in [0.2, 0.25) is 6.79 Å². The van der Waals surface area contributed by atoms with Gasteiger partial charge in [0.15, 0.2) is 16.6 Å². The van der Waals surface area contributed by atoms with Crippen LogP contribution in [0.5, 0.6) is 11.5 Å². The highest BCUT2D eigenvalue weighted by Gasteiger charge is 2.13. The van der Waals surface area contributed by atoms with Gasteiger partial charge in [0.1, 0.15) is 0 Å². The Balaban J connectivity index is 1.54. The second kappa shape index (κ2) is 6.66. The summed E-state index contributed by atoms with van der Waals surface area (Å²) in [6, 6.07) is 5.88. The molecule has 1 aromatic carbocycles. The van der Waals surface area contributed by atoms with Gasteiger partial charge in [-0.25, -0.2) is 0 Å². The highest BCUT2D eigenvalue weighted by atomic mass is 32.1. The first-order valence-electron chi connectivity index (χ1n) is 7.18. The second-order valence-corrected chi connectivity index (χ2v) is 5.65. The lowest BCUT2D eigenvalue weighted by molar-refractivity contribution is 0.174. The molecule has 2 aliphatic rings. The minimum absolute atomic E-state index is 0.291. The molecule has 0 atom stereocenters. The molecule has 0 saturated carbocycles. The molecule has 1 aliphatic carbocycles. The smallest absolute Gasteiger partial charge is 0.231 e. The highest BCUT2D eigenvalue weighted by molar-refractivity contribution is 7.80. The Morgan fingerprint density at radius 3 is 3.00 bits per heavy atom. The van der Waals surface area contributed by atoms with E-state index in [1.165, 1.54) is 5.57 Å². The van der Waals surface area contributed by atoms with Gasteiger partial charge >= 0.3 is 0 Å². The zero-order chi connectivity index (χ0) is 15.4. The summed E-state index contributed by atoms with van der Waals surface area (Å²) < 4.78 is 10.7. The van der Waals surface area contributed by atoms with Gasteiger partial charge in [0.05, 0.1) is 0 Å². The lowest BCUT2D eigenvalue weighted by atomic mass is 10.2. The molecule has 114 valence electrons. The summed E-state index contributed by atoms with van der Waals surface area (Å²) in [7, 11) is 0. The maximum Gasteiger partial charge on any atom is 0.231 e. The van der Waals surface area contributed by atoms with Crippen LogP contribution in [0, 0.1) is 0 Å². The van der Waals surface area contributed by atoms with Crippen LogP contribution >= 0.6 is 12.2 Å². The number of nitrogens with one attached hydrogen (secondary N) is 2.